The third-order valence-electron chi connectivity index (χ3n) is 4.04. The van der Waals surface area contributed by atoms with Crippen molar-refractivity contribution in [3.8, 4) is 5.75 Å². The maximum Gasteiger partial charge on any atom is 0.201 e. The number of benzene rings is 1. The van der Waals surface area contributed by atoms with Crippen molar-refractivity contribution >= 4 is 17.0 Å². The monoisotopic (exact) mass is 279 g/mol. The number of fused-ring (bicyclic) bond motifs is 1. The Kier molecular flexibility index (Phi) is 3.25. The van der Waals surface area contributed by atoms with Gasteiger partial charge in [0, 0.05) is 19.2 Å². The Morgan fingerprint density at radius 3 is 2.85 bits per heavy atom. The van der Waals surface area contributed by atoms with Crippen LogP contribution >= 0.6 is 0 Å². The molecule has 0 bridgehead atoms. The van der Waals surface area contributed by atoms with Gasteiger partial charge in [0.15, 0.2) is 11.6 Å². The van der Waals surface area contributed by atoms with Crippen molar-refractivity contribution in [2.75, 3.05) is 20.0 Å². The molecule has 108 valence electrons. The number of halogens is 1. The summed E-state index contributed by atoms with van der Waals surface area (Å²) in [7, 11) is 3.15. The molecule has 2 unspecified atom stereocenters. The van der Waals surface area contributed by atoms with Gasteiger partial charge in [-0.1, -0.05) is 0 Å². The van der Waals surface area contributed by atoms with Gasteiger partial charge in [0.05, 0.1) is 30.3 Å². The molecular formula is C14H18FN3O2. The highest BCUT2D eigenvalue weighted by Gasteiger charge is 2.31. The van der Waals surface area contributed by atoms with Crippen molar-refractivity contribution in [2.24, 2.45) is 0 Å². The van der Waals surface area contributed by atoms with E-state index in [0.717, 1.165) is 24.8 Å². The molecule has 2 atom stereocenters. The molecule has 1 aromatic heterocycles. The first kappa shape index (κ1) is 13.2. The van der Waals surface area contributed by atoms with Gasteiger partial charge >= 0.3 is 0 Å². The van der Waals surface area contributed by atoms with Gasteiger partial charge in [0.25, 0.3) is 0 Å². The third kappa shape index (κ3) is 1.91. The molecule has 3 rings (SSSR count). The Balaban J connectivity index is 2.16. The lowest BCUT2D eigenvalue weighted by Crippen LogP contribution is -2.21. The summed E-state index contributed by atoms with van der Waals surface area (Å²) >= 11 is 0. The Labute approximate surface area is 116 Å². The Morgan fingerprint density at radius 2 is 2.15 bits per heavy atom. The molecule has 6 heteroatoms. The van der Waals surface area contributed by atoms with E-state index < -0.39 is 5.82 Å². The number of nitrogens with zero attached hydrogens (tertiary/aromatic N) is 2. The van der Waals surface area contributed by atoms with E-state index in [0.29, 0.717) is 11.5 Å². The quantitative estimate of drug-likeness (QED) is 0.937. The van der Waals surface area contributed by atoms with E-state index in [1.165, 1.54) is 13.2 Å². The average molecular weight is 279 g/mol. The number of hydrogen-bond acceptors (Lipinski definition) is 4. The van der Waals surface area contributed by atoms with Crippen molar-refractivity contribution in [2.45, 2.75) is 31.4 Å². The molecule has 1 aliphatic rings. The smallest absolute Gasteiger partial charge is 0.201 e. The van der Waals surface area contributed by atoms with Crippen LogP contribution in [0.5, 0.6) is 5.75 Å². The van der Waals surface area contributed by atoms with Crippen molar-refractivity contribution in [3.63, 3.8) is 0 Å². The Hall–Kier alpha value is -1.82. The van der Waals surface area contributed by atoms with Gasteiger partial charge < -0.3 is 19.8 Å². The second-order valence-electron chi connectivity index (χ2n) is 5.09. The van der Waals surface area contributed by atoms with Crippen LogP contribution in [-0.4, -0.2) is 29.9 Å². The van der Waals surface area contributed by atoms with Crippen molar-refractivity contribution in [1.82, 2.24) is 9.55 Å². The molecule has 1 saturated carbocycles. The van der Waals surface area contributed by atoms with E-state index in [2.05, 4.69) is 4.98 Å². The summed E-state index contributed by atoms with van der Waals surface area (Å²) in [5.74, 6) is 0.159. The zero-order chi connectivity index (χ0) is 14.3. The minimum Gasteiger partial charge on any atom is -0.494 e. The summed E-state index contributed by atoms with van der Waals surface area (Å²) in [4.78, 5) is 4.25. The summed E-state index contributed by atoms with van der Waals surface area (Å²) < 4.78 is 26.3. The number of ether oxygens (including phenoxy) is 2. The number of hydrogen-bond donors (Lipinski definition) is 1. The van der Waals surface area contributed by atoms with Crippen LogP contribution in [0.4, 0.5) is 10.3 Å². The van der Waals surface area contributed by atoms with Crippen molar-refractivity contribution < 1.29 is 13.9 Å². The molecule has 5 nitrogen and oxygen atoms in total. The molecule has 0 radical (unpaired) electrons. The van der Waals surface area contributed by atoms with Crippen LogP contribution in [0, 0.1) is 5.82 Å². The van der Waals surface area contributed by atoms with Crippen LogP contribution in [0.15, 0.2) is 12.1 Å². The number of anilines is 1. The Bertz CT molecular complexity index is 641. The van der Waals surface area contributed by atoms with Crippen molar-refractivity contribution in [3.05, 3.63) is 17.9 Å². The number of methoxy groups -OCH3 is 2. The molecule has 1 aliphatic carbocycles. The third-order valence-corrected chi connectivity index (χ3v) is 4.04. The maximum atomic E-state index is 13.7. The van der Waals surface area contributed by atoms with Gasteiger partial charge in [-0.05, 0) is 19.3 Å². The SMILES string of the molecule is COc1cc2c(cc1F)nc(N)n2C1CCCC1OC. The first-order chi connectivity index (χ1) is 9.65. The lowest BCUT2D eigenvalue weighted by atomic mass is 10.2. The molecule has 1 fully saturated rings. The highest BCUT2D eigenvalue weighted by Crippen LogP contribution is 2.37. The fraction of sp³-hybridized carbons (Fsp3) is 0.500. The predicted octanol–water partition coefficient (Wildman–Crippen LogP) is 2.51. The summed E-state index contributed by atoms with van der Waals surface area (Å²) in [5, 5.41) is 0. The standard InChI is InChI=1S/C14H18FN3O2/c1-19-12-5-3-4-10(12)18-11-7-13(20-2)8(15)6-9(11)17-14(18)16/h6-7,10,12H,3-5H2,1-2H3,(H2,16,17). The van der Waals surface area contributed by atoms with E-state index in [1.54, 1.807) is 13.2 Å². The summed E-state index contributed by atoms with van der Waals surface area (Å²) in [6.07, 6.45) is 3.18. The number of aromatic nitrogens is 2. The second kappa shape index (κ2) is 4.94. The van der Waals surface area contributed by atoms with E-state index in [9.17, 15) is 4.39 Å². The van der Waals surface area contributed by atoms with Crippen molar-refractivity contribution in [1.29, 1.82) is 0 Å². The molecule has 0 saturated heterocycles. The minimum atomic E-state index is -0.431. The maximum absolute atomic E-state index is 13.7. The fourth-order valence-corrected chi connectivity index (χ4v) is 3.10. The van der Waals surface area contributed by atoms with Crippen LogP contribution in [0.3, 0.4) is 0 Å². The second-order valence-corrected chi connectivity index (χ2v) is 5.09. The fourth-order valence-electron chi connectivity index (χ4n) is 3.10. The zero-order valence-corrected chi connectivity index (χ0v) is 11.6. The summed E-state index contributed by atoms with van der Waals surface area (Å²) in [6.45, 7) is 0. The molecule has 20 heavy (non-hydrogen) atoms. The van der Waals surface area contributed by atoms with E-state index in [-0.39, 0.29) is 17.9 Å². The highest BCUT2D eigenvalue weighted by atomic mass is 19.1. The summed E-state index contributed by atoms with van der Waals surface area (Å²) in [6, 6.07) is 3.15. The number of nitrogen functional groups attached to an aromatic ring is 1. The average Bonchev–Trinajstić information content (AvgIpc) is 3.00. The molecule has 2 N–H and O–H groups in total. The summed E-state index contributed by atoms with van der Waals surface area (Å²) in [5.41, 5.74) is 7.36. The normalized spacial score (nSPS) is 22.6. The predicted molar refractivity (Wildman–Crippen MR) is 74.3 cm³/mol. The minimum absolute atomic E-state index is 0.116. The molecule has 2 aromatic rings. The topological polar surface area (TPSA) is 62.3 Å². The number of imidazole rings is 1. The first-order valence-electron chi connectivity index (χ1n) is 6.69. The van der Waals surface area contributed by atoms with Gasteiger partial charge in [-0.3, -0.25) is 0 Å². The van der Waals surface area contributed by atoms with Crippen LogP contribution in [-0.2, 0) is 4.74 Å². The van der Waals surface area contributed by atoms with E-state index in [4.69, 9.17) is 15.2 Å². The van der Waals surface area contributed by atoms with Crippen LogP contribution in [0.2, 0.25) is 0 Å². The van der Waals surface area contributed by atoms with Gasteiger partial charge in [-0.2, -0.15) is 0 Å². The highest BCUT2D eigenvalue weighted by molar-refractivity contribution is 5.80. The number of nitrogens with two attached hydrogens (primary N) is 1. The first-order valence-corrected chi connectivity index (χ1v) is 6.69. The Morgan fingerprint density at radius 1 is 1.35 bits per heavy atom. The van der Waals surface area contributed by atoms with Gasteiger partial charge in [-0.25, -0.2) is 9.37 Å². The molecule has 0 amide bonds. The lowest BCUT2D eigenvalue weighted by molar-refractivity contribution is 0.0768. The van der Waals surface area contributed by atoms with E-state index in [1.807, 2.05) is 4.57 Å². The van der Waals surface area contributed by atoms with Crippen LogP contribution < -0.4 is 10.5 Å². The largest absolute Gasteiger partial charge is 0.494 e. The zero-order valence-electron chi connectivity index (χ0n) is 11.6. The lowest BCUT2D eigenvalue weighted by Gasteiger charge is -2.21. The van der Waals surface area contributed by atoms with Gasteiger partial charge in [0.2, 0.25) is 5.95 Å². The molecule has 1 aromatic carbocycles. The van der Waals surface area contributed by atoms with E-state index >= 15 is 0 Å². The van der Waals surface area contributed by atoms with Gasteiger partial charge in [0.1, 0.15) is 0 Å². The van der Waals surface area contributed by atoms with Crippen LogP contribution in [0.1, 0.15) is 25.3 Å². The molecular weight excluding hydrogens is 261 g/mol. The molecule has 1 heterocycles. The van der Waals surface area contributed by atoms with Crippen LogP contribution in [0.25, 0.3) is 11.0 Å². The van der Waals surface area contributed by atoms with Gasteiger partial charge in [-0.15, -0.1) is 0 Å². The molecule has 0 spiro atoms. The number of rotatable bonds is 3. The molecule has 0 aliphatic heterocycles.